The molecule has 4 saturated carbocycles. The molecule has 0 aromatic carbocycles. The first-order chi connectivity index (χ1) is 9.48. The van der Waals surface area contributed by atoms with Crippen molar-refractivity contribution in [2.24, 2.45) is 17.8 Å². The molecule has 1 aromatic heterocycles. The Bertz CT molecular complexity index is 554. The summed E-state index contributed by atoms with van der Waals surface area (Å²) in [6.07, 6.45) is 8.01. The highest BCUT2D eigenvalue weighted by atomic mass is 32.1. The fraction of sp³-hybridized carbons (Fsp3) is 0.688. The van der Waals surface area contributed by atoms with E-state index in [0.717, 1.165) is 23.3 Å². The normalized spacial score (nSPS) is 38.4. The summed E-state index contributed by atoms with van der Waals surface area (Å²) in [4.78, 5) is 13.0. The van der Waals surface area contributed by atoms with Crippen molar-refractivity contribution in [3.8, 4) is 0 Å². The van der Waals surface area contributed by atoms with Crippen molar-refractivity contribution < 1.29 is 9.90 Å². The molecular formula is C16H21NO2S. The first-order valence-corrected chi connectivity index (χ1v) is 8.43. The average Bonchev–Trinajstić information content (AvgIpc) is 2.65. The number of nitrogens with two attached hydrogens (primary N) is 1. The maximum atomic E-state index is 11.3. The van der Waals surface area contributed by atoms with Crippen molar-refractivity contribution >= 4 is 23.0 Å². The predicted molar refractivity (Wildman–Crippen MR) is 80.3 cm³/mol. The Morgan fingerprint density at radius 2 is 1.70 bits per heavy atom. The number of rotatable bonds is 2. The van der Waals surface area contributed by atoms with Crippen molar-refractivity contribution in [1.82, 2.24) is 0 Å². The standard InChI is InChI=1S/C16H21NO2S/c1-8-12(17)13(15(18)19)20-14(8)16-5-9-2-10(6-16)4-11(3-9)7-16/h9-11H,2-7,17H2,1H3,(H,18,19). The summed E-state index contributed by atoms with van der Waals surface area (Å²) >= 11 is 1.46. The van der Waals surface area contributed by atoms with Gasteiger partial charge >= 0.3 is 5.97 Å². The molecule has 0 aliphatic heterocycles. The zero-order valence-corrected chi connectivity index (χ0v) is 12.6. The number of carboxylic acid groups (broad SMARTS) is 1. The first-order valence-electron chi connectivity index (χ1n) is 7.61. The lowest BCUT2D eigenvalue weighted by molar-refractivity contribution is -0.00369. The number of nitrogen functional groups attached to an aromatic ring is 1. The Hall–Kier alpha value is -1.03. The highest BCUT2D eigenvalue weighted by Crippen LogP contribution is 2.62. The zero-order valence-electron chi connectivity index (χ0n) is 11.8. The Labute approximate surface area is 123 Å². The first kappa shape index (κ1) is 12.7. The lowest BCUT2D eigenvalue weighted by Gasteiger charge is -2.56. The van der Waals surface area contributed by atoms with Gasteiger partial charge in [0.05, 0.1) is 5.69 Å². The number of anilines is 1. The van der Waals surface area contributed by atoms with Gasteiger partial charge in [-0.2, -0.15) is 0 Å². The second kappa shape index (κ2) is 4.00. The number of thiophene rings is 1. The van der Waals surface area contributed by atoms with Crippen molar-refractivity contribution in [1.29, 1.82) is 0 Å². The monoisotopic (exact) mass is 291 g/mol. The van der Waals surface area contributed by atoms with Gasteiger partial charge in [-0.1, -0.05) is 0 Å². The minimum Gasteiger partial charge on any atom is -0.477 e. The minimum absolute atomic E-state index is 0.255. The third-order valence-corrected chi connectivity index (χ3v) is 7.45. The lowest BCUT2D eigenvalue weighted by atomic mass is 9.49. The number of carboxylic acids is 1. The van der Waals surface area contributed by atoms with Gasteiger partial charge in [0.15, 0.2) is 0 Å². The summed E-state index contributed by atoms with van der Waals surface area (Å²) in [7, 11) is 0. The van der Waals surface area contributed by atoms with Crippen molar-refractivity contribution in [2.75, 3.05) is 5.73 Å². The second-order valence-corrected chi connectivity index (χ2v) is 8.32. The smallest absolute Gasteiger partial charge is 0.348 e. The summed E-state index contributed by atoms with van der Waals surface area (Å²) in [5.41, 5.74) is 7.87. The van der Waals surface area contributed by atoms with Gasteiger partial charge in [0.25, 0.3) is 0 Å². The van der Waals surface area contributed by atoms with Crippen molar-refractivity contribution in [2.45, 2.75) is 50.9 Å². The molecule has 4 aliphatic rings. The van der Waals surface area contributed by atoms with E-state index in [2.05, 4.69) is 0 Å². The fourth-order valence-electron chi connectivity index (χ4n) is 5.58. The summed E-state index contributed by atoms with van der Waals surface area (Å²) < 4.78 is 0. The van der Waals surface area contributed by atoms with Crippen LogP contribution in [-0.4, -0.2) is 11.1 Å². The molecule has 5 rings (SSSR count). The molecule has 108 valence electrons. The predicted octanol–water partition coefficient (Wildman–Crippen LogP) is 3.80. The molecule has 4 fully saturated rings. The Kier molecular flexibility index (Phi) is 2.54. The quantitative estimate of drug-likeness (QED) is 0.871. The van der Waals surface area contributed by atoms with Crippen LogP contribution in [0.15, 0.2) is 0 Å². The van der Waals surface area contributed by atoms with Crippen LogP contribution in [-0.2, 0) is 5.41 Å². The highest BCUT2D eigenvalue weighted by Gasteiger charge is 2.53. The van der Waals surface area contributed by atoms with Gasteiger partial charge in [-0.3, -0.25) is 0 Å². The van der Waals surface area contributed by atoms with Crippen molar-refractivity contribution in [3.05, 3.63) is 15.3 Å². The van der Waals surface area contributed by atoms with Gasteiger partial charge < -0.3 is 10.8 Å². The van der Waals surface area contributed by atoms with E-state index < -0.39 is 5.97 Å². The summed E-state index contributed by atoms with van der Waals surface area (Å²) in [5, 5.41) is 9.32. The molecule has 3 nitrogen and oxygen atoms in total. The maximum Gasteiger partial charge on any atom is 0.348 e. The van der Waals surface area contributed by atoms with Crippen LogP contribution in [0.25, 0.3) is 0 Å². The summed E-state index contributed by atoms with van der Waals surface area (Å²) in [6, 6.07) is 0. The van der Waals surface area contributed by atoms with E-state index >= 15 is 0 Å². The zero-order chi connectivity index (χ0) is 14.1. The minimum atomic E-state index is -0.869. The van der Waals surface area contributed by atoms with E-state index in [0.29, 0.717) is 10.6 Å². The van der Waals surface area contributed by atoms with Crippen LogP contribution >= 0.6 is 11.3 Å². The molecule has 0 spiro atoms. The largest absolute Gasteiger partial charge is 0.477 e. The Morgan fingerprint density at radius 3 is 2.10 bits per heavy atom. The topological polar surface area (TPSA) is 63.3 Å². The van der Waals surface area contributed by atoms with Crippen LogP contribution in [0.2, 0.25) is 0 Å². The molecule has 1 heterocycles. The van der Waals surface area contributed by atoms with Crippen LogP contribution in [0.1, 0.15) is 58.6 Å². The molecule has 3 N–H and O–H groups in total. The van der Waals surface area contributed by atoms with Gasteiger partial charge in [-0.05, 0) is 68.8 Å². The van der Waals surface area contributed by atoms with Gasteiger partial charge in [0.2, 0.25) is 0 Å². The SMILES string of the molecule is Cc1c(C23CC4CC(CC(C4)C2)C3)sc(C(=O)O)c1N. The molecule has 0 unspecified atom stereocenters. The van der Waals surface area contributed by atoms with Crippen molar-refractivity contribution in [3.63, 3.8) is 0 Å². The van der Waals surface area contributed by atoms with E-state index in [-0.39, 0.29) is 5.41 Å². The van der Waals surface area contributed by atoms with Crippen LogP contribution in [0.5, 0.6) is 0 Å². The molecule has 4 aliphatic carbocycles. The van der Waals surface area contributed by atoms with E-state index in [4.69, 9.17) is 5.73 Å². The van der Waals surface area contributed by atoms with E-state index in [1.807, 2.05) is 6.92 Å². The molecule has 0 radical (unpaired) electrons. The number of carbonyl (C=O) groups is 1. The van der Waals surface area contributed by atoms with Crippen LogP contribution < -0.4 is 5.73 Å². The Balaban J connectivity index is 1.81. The van der Waals surface area contributed by atoms with E-state index in [9.17, 15) is 9.90 Å². The third kappa shape index (κ3) is 1.60. The summed E-state index contributed by atoms with van der Waals surface area (Å²) in [5.74, 6) is 1.75. The van der Waals surface area contributed by atoms with Gasteiger partial charge in [0, 0.05) is 10.3 Å². The average molecular weight is 291 g/mol. The van der Waals surface area contributed by atoms with Gasteiger partial charge in [-0.15, -0.1) is 11.3 Å². The number of aromatic carboxylic acids is 1. The van der Waals surface area contributed by atoms with E-state index in [1.165, 1.54) is 54.7 Å². The Morgan fingerprint density at radius 1 is 1.20 bits per heavy atom. The molecule has 0 amide bonds. The summed E-state index contributed by atoms with van der Waals surface area (Å²) in [6.45, 7) is 2.02. The van der Waals surface area contributed by atoms with Crippen LogP contribution in [0.4, 0.5) is 5.69 Å². The fourth-order valence-corrected chi connectivity index (χ4v) is 6.86. The van der Waals surface area contributed by atoms with Crippen LogP contribution in [0.3, 0.4) is 0 Å². The molecule has 4 bridgehead atoms. The third-order valence-electron chi connectivity index (χ3n) is 5.91. The molecule has 20 heavy (non-hydrogen) atoms. The lowest BCUT2D eigenvalue weighted by Crippen LogP contribution is -2.48. The highest BCUT2D eigenvalue weighted by molar-refractivity contribution is 7.15. The van der Waals surface area contributed by atoms with E-state index in [1.54, 1.807) is 0 Å². The molecule has 1 aromatic rings. The molecular weight excluding hydrogens is 270 g/mol. The molecule has 0 saturated heterocycles. The van der Waals surface area contributed by atoms with Gasteiger partial charge in [0.1, 0.15) is 4.88 Å². The number of hydrogen-bond donors (Lipinski definition) is 2. The maximum absolute atomic E-state index is 11.3. The molecule has 4 heteroatoms. The van der Waals surface area contributed by atoms with Gasteiger partial charge in [-0.25, -0.2) is 4.79 Å². The van der Waals surface area contributed by atoms with Crippen LogP contribution in [0, 0.1) is 24.7 Å². The second-order valence-electron chi connectivity index (χ2n) is 7.30. The number of hydrogen-bond acceptors (Lipinski definition) is 3. The molecule has 0 atom stereocenters.